The van der Waals surface area contributed by atoms with Crippen LogP contribution in [-0.4, -0.2) is 51.3 Å². The average Bonchev–Trinajstić information content (AvgIpc) is 3.20. The van der Waals surface area contributed by atoms with Gasteiger partial charge in [0, 0.05) is 38.8 Å². The van der Waals surface area contributed by atoms with E-state index in [4.69, 9.17) is 9.47 Å². The van der Waals surface area contributed by atoms with Crippen molar-refractivity contribution in [3.63, 3.8) is 0 Å². The number of benzene rings is 2. The molecule has 0 saturated carbocycles. The van der Waals surface area contributed by atoms with E-state index in [0.29, 0.717) is 22.9 Å². The Bertz CT molecular complexity index is 1690. The summed E-state index contributed by atoms with van der Waals surface area (Å²) in [6.45, 7) is 6.00. The lowest BCUT2D eigenvalue weighted by Crippen LogP contribution is -2.19. The lowest BCUT2D eigenvalue weighted by molar-refractivity contribution is 0.101. The Kier molecular flexibility index (Phi) is 7.71. The zero-order chi connectivity index (χ0) is 29.4. The van der Waals surface area contributed by atoms with E-state index in [-0.39, 0.29) is 16.9 Å². The predicted octanol–water partition coefficient (Wildman–Crippen LogP) is 5.36. The number of para-hydroxylation sites is 1. The van der Waals surface area contributed by atoms with Crippen LogP contribution in [-0.2, 0) is 22.5 Å². The Morgan fingerprint density at radius 2 is 1.75 bits per heavy atom. The van der Waals surface area contributed by atoms with E-state index in [1.807, 2.05) is 64.0 Å². The lowest BCUT2D eigenvalue weighted by Gasteiger charge is -2.24. The van der Waals surface area contributed by atoms with Crippen LogP contribution in [0.3, 0.4) is 0 Å². The summed E-state index contributed by atoms with van der Waals surface area (Å²) in [5, 5.41) is 3.75. The third-order valence-electron chi connectivity index (χ3n) is 6.36. The molecule has 1 amide bonds. The van der Waals surface area contributed by atoms with Gasteiger partial charge in [-0.3, -0.25) is 9.52 Å². The second kappa shape index (κ2) is 10.7. The number of hydrogen-bond donors (Lipinski definition) is 2. The van der Waals surface area contributed by atoms with Crippen LogP contribution in [0, 0.1) is 0 Å². The van der Waals surface area contributed by atoms with Gasteiger partial charge in [0.25, 0.3) is 5.91 Å². The monoisotopic (exact) mass is 565 g/mol. The van der Waals surface area contributed by atoms with Crippen LogP contribution in [0.2, 0.25) is 0 Å². The van der Waals surface area contributed by atoms with Gasteiger partial charge in [-0.2, -0.15) is 0 Å². The number of ether oxygens (including phenoxy) is 2. The first-order valence-corrected chi connectivity index (χ1v) is 14.5. The molecule has 2 heterocycles. The van der Waals surface area contributed by atoms with Gasteiger partial charge < -0.3 is 24.3 Å². The molecular formula is C29H35N5O5S. The first kappa shape index (κ1) is 28.8. The molecule has 10 nitrogen and oxygen atoms in total. The molecule has 0 fully saturated rings. The Morgan fingerprint density at radius 1 is 1.05 bits per heavy atom. The van der Waals surface area contributed by atoms with Crippen LogP contribution >= 0.6 is 0 Å². The Hall–Kier alpha value is -4.25. The molecule has 0 aliphatic heterocycles. The second-order valence-corrected chi connectivity index (χ2v) is 12.6. The summed E-state index contributed by atoms with van der Waals surface area (Å²) in [5.41, 5.74) is 2.21. The molecule has 212 valence electrons. The maximum absolute atomic E-state index is 13.6. The smallest absolute Gasteiger partial charge is 0.272 e. The molecule has 2 N–H and O–H groups in total. The van der Waals surface area contributed by atoms with Crippen LogP contribution in [0.25, 0.3) is 10.9 Å². The van der Waals surface area contributed by atoms with Gasteiger partial charge in [0.2, 0.25) is 10.0 Å². The van der Waals surface area contributed by atoms with Gasteiger partial charge in [0.15, 0.2) is 11.5 Å². The van der Waals surface area contributed by atoms with E-state index in [1.165, 1.54) is 7.11 Å². The molecule has 11 heteroatoms. The van der Waals surface area contributed by atoms with Crippen LogP contribution in [0.5, 0.6) is 17.2 Å². The molecule has 2 aromatic heterocycles. The van der Waals surface area contributed by atoms with Crippen LogP contribution < -0.4 is 24.4 Å². The molecule has 2 aromatic carbocycles. The number of anilines is 3. The Balaban J connectivity index is 1.74. The molecule has 0 spiro atoms. The van der Waals surface area contributed by atoms with Crippen molar-refractivity contribution in [3.8, 4) is 17.2 Å². The standard InChI is InChI=1S/C29H35N5O5S/c1-29(2,3)19-15-21(27(38-7)22(16-19)32-40(8,36)37)31-28(35)23-14-18-10-9-11-24(26(18)34(23)6)39-20-12-13-30-25(17-20)33(4)5/h9-17,32H,1-8H3,(H,31,35). The topological polar surface area (TPSA) is 115 Å². The Labute approximate surface area is 235 Å². The molecule has 4 rings (SSSR count). The first-order valence-electron chi connectivity index (χ1n) is 12.6. The summed E-state index contributed by atoms with van der Waals surface area (Å²) < 4.78 is 40.2. The molecule has 0 atom stereocenters. The number of carbonyl (C=O) groups is 1. The zero-order valence-electron chi connectivity index (χ0n) is 24.0. The molecular weight excluding hydrogens is 530 g/mol. The number of nitrogens with zero attached hydrogens (tertiary/aromatic N) is 3. The van der Waals surface area contributed by atoms with E-state index in [0.717, 1.165) is 28.5 Å². The number of sulfonamides is 1. The van der Waals surface area contributed by atoms with Crippen molar-refractivity contribution in [2.24, 2.45) is 7.05 Å². The maximum Gasteiger partial charge on any atom is 0.272 e. The number of nitrogens with one attached hydrogen (secondary N) is 2. The van der Waals surface area contributed by atoms with E-state index in [2.05, 4.69) is 15.0 Å². The third kappa shape index (κ3) is 6.15. The van der Waals surface area contributed by atoms with Crippen molar-refractivity contribution in [2.75, 3.05) is 42.4 Å². The molecule has 40 heavy (non-hydrogen) atoms. The largest absolute Gasteiger partial charge is 0.492 e. The normalized spacial score (nSPS) is 11.8. The number of aryl methyl sites for hydroxylation is 1. The fourth-order valence-corrected chi connectivity index (χ4v) is 4.90. The first-order chi connectivity index (χ1) is 18.7. The summed E-state index contributed by atoms with van der Waals surface area (Å²) in [6, 6.07) is 14.5. The number of pyridine rings is 1. The van der Waals surface area contributed by atoms with Gasteiger partial charge in [-0.1, -0.05) is 32.9 Å². The van der Waals surface area contributed by atoms with Gasteiger partial charge in [0.05, 0.1) is 30.3 Å². The SMILES string of the molecule is COc1c(NC(=O)c2cc3cccc(Oc4ccnc(N(C)C)c4)c3n2C)cc(C(C)(C)C)cc1NS(C)(=O)=O. The van der Waals surface area contributed by atoms with Crippen LogP contribution in [0.1, 0.15) is 36.8 Å². The van der Waals surface area contributed by atoms with Crippen molar-refractivity contribution >= 4 is 44.0 Å². The van der Waals surface area contributed by atoms with Crippen molar-refractivity contribution in [3.05, 3.63) is 66.0 Å². The van der Waals surface area contributed by atoms with Crippen molar-refractivity contribution in [1.82, 2.24) is 9.55 Å². The highest BCUT2D eigenvalue weighted by atomic mass is 32.2. The highest BCUT2D eigenvalue weighted by Crippen LogP contribution is 2.40. The molecule has 0 saturated heterocycles. The highest BCUT2D eigenvalue weighted by molar-refractivity contribution is 7.92. The van der Waals surface area contributed by atoms with Gasteiger partial charge in [-0.05, 0) is 41.3 Å². The molecule has 0 radical (unpaired) electrons. The molecule has 0 aliphatic carbocycles. The second-order valence-electron chi connectivity index (χ2n) is 10.8. The lowest BCUT2D eigenvalue weighted by atomic mass is 9.86. The summed E-state index contributed by atoms with van der Waals surface area (Å²) >= 11 is 0. The minimum atomic E-state index is -3.60. The third-order valence-corrected chi connectivity index (χ3v) is 6.95. The van der Waals surface area contributed by atoms with E-state index >= 15 is 0 Å². The van der Waals surface area contributed by atoms with Gasteiger partial charge in [-0.15, -0.1) is 0 Å². The van der Waals surface area contributed by atoms with Crippen LogP contribution in [0.4, 0.5) is 17.2 Å². The van der Waals surface area contributed by atoms with E-state index in [9.17, 15) is 13.2 Å². The van der Waals surface area contributed by atoms with E-state index < -0.39 is 15.9 Å². The van der Waals surface area contributed by atoms with Crippen molar-refractivity contribution in [1.29, 1.82) is 0 Å². The zero-order valence-corrected chi connectivity index (χ0v) is 24.8. The number of amides is 1. The fourth-order valence-electron chi connectivity index (χ4n) is 4.35. The van der Waals surface area contributed by atoms with Gasteiger partial charge >= 0.3 is 0 Å². The van der Waals surface area contributed by atoms with Crippen LogP contribution in [0.15, 0.2) is 54.7 Å². The maximum atomic E-state index is 13.6. The number of fused-ring (bicyclic) bond motifs is 1. The number of carbonyl (C=O) groups excluding carboxylic acids is 1. The average molecular weight is 566 g/mol. The van der Waals surface area contributed by atoms with Crippen molar-refractivity contribution < 1.29 is 22.7 Å². The summed E-state index contributed by atoms with van der Waals surface area (Å²) in [5.74, 6) is 1.78. The highest BCUT2D eigenvalue weighted by Gasteiger charge is 2.24. The number of hydrogen-bond acceptors (Lipinski definition) is 7. The summed E-state index contributed by atoms with van der Waals surface area (Å²) in [7, 11) is 3.43. The number of rotatable bonds is 8. The molecule has 4 aromatic rings. The quantitative estimate of drug-likeness (QED) is 0.296. The minimum absolute atomic E-state index is 0.212. The predicted molar refractivity (Wildman–Crippen MR) is 160 cm³/mol. The summed E-state index contributed by atoms with van der Waals surface area (Å²) in [4.78, 5) is 19.9. The minimum Gasteiger partial charge on any atom is -0.492 e. The van der Waals surface area contributed by atoms with Gasteiger partial charge in [-0.25, -0.2) is 13.4 Å². The number of methoxy groups -OCH3 is 1. The van der Waals surface area contributed by atoms with Crippen molar-refractivity contribution in [2.45, 2.75) is 26.2 Å². The molecule has 0 aliphatic rings. The Morgan fingerprint density at radius 3 is 2.38 bits per heavy atom. The van der Waals surface area contributed by atoms with E-state index in [1.54, 1.807) is 42.1 Å². The summed E-state index contributed by atoms with van der Waals surface area (Å²) in [6.07, 6.45) is 2.75. The fraction of sp³-hybridized carbons (Fsp3) is 0.310. The molecule has 0 bridgehead atoms. The van der Waals surface area contributed by atoms with Gasteiger partial charge in [0.1, 0.15) is 17.3 Å². The number of aromatic nitrogens is 2. The molecule has 0 unspecified atom stereocenters.